The summed E-state index contributed by atoms with van der Waals surface area (Å²) in [6, 6.07) is 10.1. The fourth-order valence-corrected chi connectivity index (χ4v) is 2.54. The molecule has 1 amide bonds. The van der Waals surface area contributed by atoms with Crippen molar-refractivity contribution < 1.29 is 28.5 Å². The van der Waals surface area contributed by atoms with Crippen LogP contribution in [0.2, 0.25) is 5.02 Å². The second kappa shape index (κ2) is 10.6. The maximum atomic E-state index is 12.4. The van der Waals surface area contributed by atoms with E-state index in [1.54, 1.807) is 43.3 Å². The van der Waals surface area contributed by atoms with Crippen LogP contribution in [0.5, 0.6) is 17.2 Å². The van der Waals surface area contributed by atoms with E-state index in [-0.39, 0.29) is 6.61 Å². The Morgan fingerprint density at radius 2 is 1.72 bits per heavy atom. The second-order valence-electron chi connectivity index (χ2n) is 6.12. The number of carbonyl (C=O) groups excluding carboxylic acids is 2. The van der Waals surface area contributed by atoms with Crippen LogP contribution in [0.25, 0.3) is 0 Å². The van der Waals surface area contributed by atoms with E-state index in [9.17, 15) is 9.59 Å². The molecule has 7 nitrogen and oxygen atoms in total. The van der Waals surface area contributed by atoms with Gasteiger partial charge < -0.3 is 24.3 Å². The number of methoxy groups -OCH3 is 1. The van der Waals surface area contributed by atoms with Crippen LogP contribution in [0.1, 0.15) is 19.4 Å². The van der Waals surface area contributed by atoms with E-state index in [0.29, 0.717) is 34.6 Å². The SMILES string of the molecule is CCOc1ccc(OCC(=O)OC(C)C(=O)Nc2cc(C)c(Cl)cc2OC)cc1. The molecule has 0 saturated heterocycles. The molecule has 8 heteroatoms. The maximum absolute atomic E-state index is 12.4. The molecule has 0 aliphatic heterocycles. The molecule has 0 spiro atoms. The van der Waals surface area contributed by atoms with E-state index in [4.69, 9.17) is 30.5 Å². The van der Waals surface area contributed by atoms with Crippen molar-refractivity contribution in [1.82, 2.24) is 0 Å². The highest BCUT2D eigenvalue weighted by Crippen LogP contribution is 2.31. The minimum Gasteiger partial charge on any atom is -0.495 e. The van der Waals surface area contributed by atoms with Crippen LogP contribution >= 0.6 is 11.6 Å². The smallest absolute Gasteiger partial charge is 0.344 e. The number of amides is 1. The molecule has 2 aromatic carbocycles. The van der Waals surface area contributed by atoms with Crippen molar-refractivity contribution in [2.75, 3.05) is 25.6 Å². The molecule has 1 unspecified atom stereocenters. The van der Waals surface area contributed by atoms with Gasteiger partial charge in [0.15, 0.2) is 12.7 Å². The fourth-order valence-electron chi connectivity index (χ4n) is 2.39. The molecule has 1 atom stereocenters. The van der Waals surface area contributed by atoms with Gasteiger partial charge in [-0.1, -0.05) is 11.6 Å². The molecule has 0 aromatic heterocycles. The van der Waals surface area contributed by atoms with E-state index >= 15 is 0 Å². The number of aryl methyl sites for hydroxylation is 1. The first-order valence-electron chi connectivity index (χ1n) is 9.04. The van der Waals surface area contributed by atoms with Crippen LogP contribution in [0, 0.1) is 6.92 Å². The Kier molecular flexibility index (Phi) is 8.15. The zero-order chi connectivity index (χ0) is 21.4. The molecule has 0 heterocycles. The van der Waals surface area contributed by atoms with Gasteiger partial charge in [0.2, 0.25) is 0 Å². The van der Waals surface area contributed by atoms with E-state index in [1.807, 2.05) is 6.92 Å². The second-order valence-corrected chi connectivity index (χ2v) is 6.52. The third kappa shape index (κ3) is 6.57. The van der Waals surface area contributed by atoms with Gasteiger partial charge in [0.25, 0.3) is 5.91 Å². The van der Waals surface area contributed by atoms with Crippen LogP contribution in [0.15, 0.2) is 36.4 Å². The average molecular weight is 422 g/mol. The molecule has 156 valence electrons. The van der Waals surface area contributed by atoms with Gasteiger partial charge in [0, 0.05) is 11.1 Å². The number of hydrogen-bond acceptors (Lipinski definition) is 6. The highest BCUT2D eigenvalue weighted by atomic mass is 35.5. The summed E-state index contributed by atoms with van der Waals surface area (Å²) < 4.78 is 21.1. The standard InChI is InChI=1S/C21H24ClNO6/c1-5-27-15-6-8-16(9-7-15)28-12-20(24)29-14(3)21(25)23-18-10-13(2)17(22)11-19(18)26-4/h6-11,14H,5,12H2,1-4H3,(H,23,25). The van der Waals surface area contributed by atoms with Gasteiger partial charge in [0.05, 0.1) is 19.4 Å². The first-order chi connectivity index (χ1) is 13.8. The number of benzene rings is 2. The van der Waals surface area contributed by atoms with Crippen molar-refractivity contribution >= 4 is 29.2 Å². The summed E-state index contributed by atoms with van der Waals surface area (Å²) >= 11 is 6.06. The minimum atomic E-state index is -1.02. The first-order valence-corrected chi connectivity index (χ1v) is 9.42. The summed E-state index contributed by atoms with van der Waals surface area (Å²) in [6.45, 7) is 5.41. The van der Waals surface area contributed by atoms with Gasteiger partial charge in [-0.05, 0) is 56.7 Å². The topological polar surface area (TPSA) is 83.1 Å². The quantitative estimate of drug-likeness (QED) is 0.616. The Morgan fingerprint density at radius 1 is 1.10 bits per heavy atom. The minimum absolute atomic E-state index is 0.324. The van der Waals surface area contributed by atoms with E-state index in [2.05, 4.69) is 5.32 Å². The van der Waals surface area contributed by atoms with Gasteiger partial charge in [-0.25, -0.2) is 4.79 Å². The number of nitrogens with one attached hydrogen (secondary N) is 1. The Hall–Kier alpha value is -2.93. The highest BCUT2D eigenvalue weighted by molar-refractivity contribution is 6.31. The Labute approximate surface area is 174 Å². The summed E-state index contributed by atoms with van der Waals surface area (Å²) in [6.07, 6.45) is -1.02. The van der Waals surface area contributed by atoms with Crippen molar-refractivity contribution in [2.45, 2.75) is 26.9 Å². The molecule has 0 saturated carbocycles. The summed E-state index contributed by atoms with van der Waals surface area (Å²) in [5.74, 6) is 0.441. The van der Waals surface area contributed by atoms with Crippen molar-refractivity contribution in [3.63, 3.8) is 0 Å². The molecule has 0 bridgehead atoms. The summed E-state index contributed by atoms with van der Waals surface area (Å²) in [4.78, 5) is 24.3. The van der Waals surface area contributed by atoms with E-state index < -0.39 is 18.0 Å². The lowest BCUT2D eigenvalue weighted by atomic mass is 10.2. The summed E-state index contributed by atoms with van der Waals surface area (Å²) in [5.41, 5.74) is 1.21. The molecular formula is C21H24ClNO6. The molecule has 0 aliphatic rings. The number of ether oxygens (including phenoxy) is 4. The Balaban J connectivity index is 1.87. The number of rotatable bonds is 9. The Bertz CT molecular complexity index is 853. The maximum Gasteiger partial charge on any atom is 0.344 e. The van der Waals surface area contributed by atoms with Gasteiger partial charge in [0.1, 0.15) is 17.2 Å². The molecule has 29 heavy (non-hydrogen) atoms. The van der Waals surface area contributed by atoms with Gasteiger partial charge in [-0.2, -0.15) is 0 Å². The van der Waals surface area contributed by atoms with Crippen molar-refractivity contribution in [3.05, 3.63) is 47.0 Å². The zero-order valence-corrected chi connectivity index (χ0v) is 17.5. The largest absolute Gasteiger partial charge is 0.495 e. The molecule has 2 aromatic rings. The molecule has 0 aliphatic carbocycles. The van der Waals surface area contributed by atoms with Gasteiger partial charge in [-0.3, -0.25) is 4.79 Å². The van der Waals surface area contributed by atoms with Gasteiger partial charge in [-0.15, -0.1) is 0 Å². The van der Waals surface area contributed by atoms with Crippen LogP contribution in [0.4, 0.5) is 5.69 Å². The lowest BCUT2D eigenvalue weighted by Crippen LogP contribution is -2.31. The number of hydrogen-bond donors (Lipinski definition) is 1. The molecule has 0 fully saturated rings. The molecule has 1 N–H and O–H groups in total. The predicted molar refractivity (Wildman–Crippen MR) is 110 cm³/mol. The van der Waals surface area contributed by atoms with Crippen molar-refractivity contribution in [3.8, 4) is 17.2 Å². The molecule has 0 radical (unpaired) electrons. The number of anilines is 1. The normalized spacial score (nSPS) is 11.3. The zero-order valence-electron chi connectivity index (χ0n) is 16.8. The molecule has 2 rings (SSSR count). The van der Waals surface area contributed by atoms with Gasteiger partial charge >= 0.3 is 5.97 Å². The first kappa shape index (κ1) is 22.4. The molecular weight excluding hydrogens is 398 g/mol. The van der Waals surface area contributed by atoms with Crippen LogP contribution in [-0.2, 0) is 14.3 Å². The number of carbonyl (C=O) groups is 2. The lowest BCUT2D eigenvalue weighted by molar-refractivity contribution is -0.155. The average Bonchev–Trinajstić information content (AvgIpc) is 2.70. The summed E-state index contributed by atoms with van der Waals surface area (Å²) in [5, 5.41) is 3.19. The van der Waals surface area contributed by atoms with Crippen molar-refractivity contribution in [1.29, 1.82) is 0 Å². The van der Waals surface area contributed by atoms with Crippen LogP contribution in [-0.4, -0.2) is 38.3 Å². The highest BCUT2D eigenvalue weighted by Gasteiger charge is 2.20. The predicted octanol–water partition coefficient (Wildman–Crippen LogP) is 4.00. The fraction of sp³-hybridized carbons (Fsp3) is 0.333. The lowest BCUT2D eigenvalue weighted by Gasteiger charge is -2.16. The number of halogens is 1. The number of esters is 1. The third-order valence-corrected chi connectivity index (χ3v) is 4.31. The van der Waals surface area contributed by atoms with Crippen LogP contribution in [0.3, 0.4) is 0 Å². The van der Waals surface area contributed by atoms with Crippen LogP contribution < -0.4 is 19.5 Å². The summed E-state index contributed by atoms with van der Waals surface area (Å²) in [7, 11) is 1.47. The van der Waals surface area contributed by atoms with E-state index in [0.717, 1.165) is 5.56 Å². The monoisotopic (exact) mass is 421 g/mol. The van der Waals surface area contributed by atoms with E-state index in [1.165, 1.54) is 14.0 Å². The van der Waals surface area contributed by atoms with Crippen molar-refractivity contribution in [2.24, 2.45) is 0 Å². The Morgan fingerprint density at radius 3 is 2.31 bits per heavy atom. The third-order valence-electron chi connectivity index (χ3n) is 3.91.